The molecule has 0 unspecified atom stereocenters. The van der Waals surface area contributed by atoms with Crippen molar-refractivity contribution in [3.05, 3.63) is 47.7 Å². The third-order valence-electron chi connectivity index (χ3n) is 2.94. The Balaban J connectivity index is 2.21. The predicted molar refractivity (Wildman–Crippen MR) is 82.6 cm³/mol. The van der Waals surface area contributed by atoms with Gasteiger partial charge in [0.05, 0.1) is 11.3 Å². The summed E-state index contributed by atoms with van der Waals surface area (Å²) in [6.45, 7) is 6.57. The van der Waals surface area contributed by atoms with Crippen molar-refractivity contribution in [2.24, 2.45) is 0 Å². The van der Waals surface area contributed by atoms with E-state index in [0.717, 1.165) is 9.92 Å². The van der Waals surface area contributed by atoms with Gasteiger partial charge in [-0.05, 0) is 29.2 Å². The summed E-state index contributed by atoms with van der Waals surface area (Å²) in [5, 5.41) is 9.53. The number of nitrogens with zero attached hydrogens (tertiary/aromatic N) is 2. The zero-order valence-corrected chi connectivity index (χ0v) is 12.7. The highest BCUT2D eigenvalue weighted by Crippen LogP contribution is 2.32. The molecule has 4 heteroatoms. The first-order valence-corrected chi connectivity index (χ1v) is 7.16. The van der Waals surface area contributed by atoms with Crippen molar-refractivity contribution < 1.29 is 0 Å². The second-order valence-corrected chi connectivity index (χ2v) is 6.67. The molecule has 2 rings (SSSR count). The van der Waals surface area contributed by atoms with E-state index in [0.29, 0.717) is 11.3 Å². The quantitative estimate of drug-likeness (QED) is 0.905. The fourth-order valence-corrected chi connectivity index (χ4v) is 2.53. The molecule has 1 heterocycles. The maximum absolute atomic E-state index is 8.80. The topological polar surface area (TPSA) is 62.7 Å². The maximum Gasteiger partial charge on any atom is 0.124 e. The first-order chi connectivity index (χ1) is 9.40. The molecule has 0 saturated carbocycles. The Labute approximate surface area is 123 Å². The fraction of sp³-hybridized carbons (Fsp3) is 0.250. The van der Waals surface area contributed by atoms with Crippen molar-refractivity contribution in [1.82, 2.24) is 4.98 Å². The maximum atomic E-state index is 8.80. The van der Waals surface area contributed by atoms with Gasteiger partial charge in [-0.3, -0.25) is 0 Å². The van der Waals surface area contributed by atoms with Gasteiger partial charge >= 0.3 is 0 Å². The van der Waals surface area contributed by atoms with Gasteiger partial charge < -0.3 is 5.73 Å². The summed E-state index contributed by atoms with van der Waals surface area (Å²) < 4.78 is 0. The molecule has 1 aromatic heterocycles. The Hall–Kier alpha value is -1.99. The summed E-state index contributed by atoms with van der Waals surface area (Å²) in [4.78, 5) is 5.32. The Morgan fingerprint density at radius 2 is 1.85 bits per heavy atom. The number of pyridine rings is 1. The minimum absolute atomic E-state index is 0.148. The van der Waals surface area contributed by atoms with E-state index in [1.165, 1.54) is 17.3 Å². The van der Waals surface area contributed by atoms with Crippen LogP contribution in [0, 0.1) is 11.3 Å². The highest BCUT2D eigenvalue weighted by molar-refractivity contribution is 7.99. The summed E-state index contributed by atoms with van der Waals surface area (Å²) in [7, 11) is 0. The molecule has 2 aromatic rings. The highest BCUT2D eigenvalue weighted by Gasteiger charge is 2.13. The van der Waals surface area contributed by atoms with Crippen LogP contribution in [0.4, 0.5) is 5.69 Å². The number of hydrogen-bond donors (Lipinski definition) is 1. The predicted octanol–water partition coefficient (Wildman–Crippen LogP) is 3.98. The van der Waals surface area contributed by atoms with Crippen molar-refractivity contribution in [3.63, 3.8) is 0 Å². The van der Waals surface area contributed by atoms with E-state index >= 15 is 0 Å². The lowest BCUT2D eigenvalue weighted by Crippen LogP contribution is -2.10. The molecule has 0 radical (unpaired) electrons. The van der Waals surface area contributed by atoms with Gasteiger partial charge in [0.15, 0.2) is 0 Å². The third-order valence-corrected chi connectivity index (χ3v) is 3.99. The largest absolute Gasteiger partial charge is 0.396 e. The molecular formula is C16H17N3S. The fourth-order valence-electron chi connectivity index (χ4n) is 1.75. The molecule has 0 saturated heterocycles. The lowest BCUT2D eigenvalue weighted by Gasteiger charge is -2.19. The van der Waals surface area contributed by atoms with Gasteiger partial charge in [0.2, 0.25) is 0 Å². The van der Waals surface area contributed by atoms with Crippen LogP contribution in [0.15, 0.2) is 46.5 Å². The van der Waals surface area contributed by atoms with Crippen LogP contribution in [0.5, 0.6) is 0 Å². The summed E-state index contributed by atoms with van der Waals surface area (Å²) in [5.41, 5.74) is 8.37. The second-order valence-electron chi connectivity index (χ2n) is 5.61. The molecule has 0 bridgehead atoms. The Bertz CT molecular complexity index is 649. The SMILES string of the molecule is CC(C)(C)c1ccc(Sc2ncc(C#N)cc2N)cc1. The van der Waals surface area contributed by atoms with Crippen molar-refractivity contribution in [1.29, 1.82) is 5.26 Å². The molecule has 0 aliphatic heterocycles. The average molecular weight is 283 g/mol. The van der Waals surface area contributed by atoms with E-state index in [1.807, 2.05) is 6.07 Å². The van der Waals surface area contributed by atoms with Crippen LogP contribution >= 0.6 is 11.8 Å². The highest BCUT2D eigenvalue weighted by atomic mass is 32.2. The van der Waals surface area contributed by atoms with Crippen LogP contribution in [-0.4, -0.2) is 4.98 Å². The first-order valence-electron chi connectivity index (χ1n) is 6.34. The average Bonchev–Trinajstić information content (AvgIpc) is 2.40. The van der Waals surface area contributed by atoms with Gasteiger partial charge in [0, 0.05) is 11.1 Å². The lowest BCUT2D eigenvalue weighted by molar-refractivity contribution is 0.590. The monoisotopic (exact) mass is 283 g/mol. The molecule has 1 aromatic carbocycles. The van der Waals surface area contributed by atoms with Crippen LogP contribution in [0.2, 0.25) is 0 Å². The standard InChI is InChI=1S/C16H17N3S/c1-16(2,3)12-4-6-13(7-5-12)20-15-14(18)8-11(9-17)10-19-15/h4-8,10H,18H2,1-3H3. The number of anilines is 1. The zero-order valence-electron chi connectivity index (χ0n) is 11.8. The van der Waals surface area contributed by atoms with Crippen LogP contribution in [0.25, 0.3) is 0 Å². The van der Waals surface area contributed by atoms with Crippen molar-refractivity contribution in [3.8, 4) is 6.07 Å². The molecule has 102 valence electrons. The van der Waals surface area contributed by atoms with Gasteiger partial charge in [-0.25, -0.2) is 4.98 Å². The summed E-state index contributed by atoms with van der Waals surface area (Å²) >= 11 is 1.51. The van der Waals surface area contributed by atoms with Gasteiger partial charge in [0.25, 0.3) is 0 Å². The molecule has 0 spiro atoms. The van der Waals surface area contributed by atoms with E-state index in [4.69, 9.17) is 11.0 Å². The first kappa shape index (κ1) is 14.4. The van der Waals surface area contributed by atoms with Gasteiger partial charge in [-0.2, -0.15) is 5.26 Å². The Kier molecular flexibility index (Phi) is 4.01. The number of rotatable bonds is 2. The van der Waals surface area contributed by atoms with E-state index in [9.17, 15) is 0 Å². The van der Waals surface area contributed by atoms with E-state index in [1.54, 1.807) is 12.3 Å². The summed E-state index contributed by atoms with van der Waals surface area (Å²) in [5.74, 6) is 0. The Morgan fingerprint density at radius 3 is 2.35 bits per heavy atom. The molecule has 0 atom stereocenters. The van der Waals surface area contributed by atoms with E-state index in [-0.39, 0.29) is 5.41 Å². The van der Waals surface area contributed by atoms with Gasteiger partial charge in [-0.1, -0.05) is 44.7 Å². The minimum Gasteiger partial charge on any atom is -0.396 e. The Morgan fingerprint density at radius 1 is 1.20 bits per heavy atom. The molecule has 3 nitrogen and oxygen atoms in total. The second kappa shape index (κ2) is 5.56. The van der Waals surface area contributed by atoms with Crippen LogP contribution in [0.1, 0.15) is 31.9 Å². The zero-order chi connectivity index (χ0) is 14.8. The number of hydrogen-bond acceptors (Lipinski definition) is 4. The molecular weight excluding hydrogens is 266 g/mol. The van der Waals surface area contributed by atoms with Crippen molar-refractivity contribution in [2.75, 3.05) is 5.73 Å². The van der Waals surface area contributed by atoms with Crippen molar-refractivity contribution >= 4 is 17.4 Å². The third kappa shape index (κ3) is 3.31. The van der Waals surface area contributed by atoms with Crippen molar-refractivity contribution in [2.45, 2.75) is 36.1 Å². The minimum atomic E-state index is 0.148. The molecule has 0 aliphatic rings. The molecule has 0 fully saturated rings. The van der Waals surface area contributed by atoms with E-state index < -0.39 is 0 Å². The molecule has 0 amide bonds. The number of nitriles is 1. The number of nitrogens with two attached hydrogens (primary N) is 1. The number of nitrogen functional groups attached to an aromatic ring is 1. The smallest absolute Gasteiger partial charge is 0.124 e. The van der Waals surface area contributed by atoms with Gasteiger partial charge in [-0.15, -0.1) is 0 Å². The van der Waals surface area contributed by atoms with Crippen LogP contribution in [-0.2, 0) is 5.41 Å². The molecule has 20 heavy (non-hydrogen) atoms. The van der Waals surface area contributed by atoms with Crippen LogP contribution in [0.3, 0.4) is 0 Å². The van der Waals surface area contributed by atoms with Crippen LogP contribution < -0.4 is 5.73 Å². The number of aromatic nitrogens is 1. The van der Waals surface area contributed by atoms with Gasteiger partial charge in [0.1, 0.15) is 11.1 Å². The number of benzene rings is 1. The summed E-state index contributed by atoms with van der Waals surface area (Å²) in [6, 6.07) is 12.1. The lowest BCUT2D eigenvalue weighted by atomic mass is 9.87. The summed E-state index contributed by atoms with van der Waals surface area (Å²) in [6.07, 6.45) is 1.54. The normalized spacial score (nSPS) is 11.1. The van der Waals surface area contributed by atoms with E-state index in [2.05, 4.69) is 50.0 Å². The molecule has 0 aliphatic carbocycles. The molecule has 2 N–H and O–H groups in total.